The second-order valence-corrected chi connectivity index (χ2v) is 4.14. The quantitative estimate of drug-likeness (QED) is 0.772. The summed E-state index contributed by atoms with van der Waals surface area (Å²) in [5, 5.41) is 5.90. The van der Waals surface area contributed by atoms with E-state index in [0.29, 0.717) is 25.4 Å². The number of methoxy groups -OCH3 is 1. The number of carbonyl (C=O) groups is 1. The smallest absolute Gasteiger partial charge is 0.237 e. The zero-order valence-corrected chi connectivity index (χ0v) is 10.0. The maximum Gasteiger partial charge on any atom is 0.237 e. The Kier molecular flexibility index (Phi) is 3.75. The lowest BCUT2D eigenvalue weighted by Gasteiger charge is -2.09. The van der Waals surface area contributed by atoms with Gasteiger partial charge >= 0.3 is 0 Å². The third-order valence-electron chi connectivity index (χ3n) is 2.82. The molecule has 2 heterocycles. The van der Waals surface area contributed by atoms with E-state index in [-0.39, 0.29) is 18.1 Å². The van der Waals surface area contributed by atoms with Gasteiger partial charge in [-0.05, 0) is 13.3 Å². The number of aromatic nitrogens is 1. The van der Waals surface area contributed by atoms with Crippen LogP contribution in [0.15, 0.2) is 10.6 Å². The summed E-state index contributed by atoms with van der Waals surface area (Å²) in [5.41, 5.74) is 0. The molecule has 0 aliphatic carbocycles. The molecule has 0 aromatic carbocycles. The van der Waals surface area contributed by atoms with Gasteiger partial charge in [0.1, 0.15) is 5.76 Å². The van der Waals surface area contributed by atoms with Crippen LogP contribution in [0.1, 0.15) is 18.1 Å². The summed E-state index contributed by atoms with van der Waals surface area (Å²) in [6.07, 6.45) is 2.46. The number of aryl methyl sites for hydroxylation is 1. The van der Waals surface area contributed by atoms with Gasteiger partial charge in [0.2, 0.25) is 11.8 Å². The van der Waals surface area contributed by atoms with Crippen molar-refractivity contribution in [1.29, 1.82) is 0 Å². The third-order valence-corrected chi connectivity index (χ3v) is 2.82. The lowest BCUT2D eigenvalue weighted by Crippen LogP contribution is -2.40. The molecule has 6 nitrogen and oxygen atoms in total. The van der Waals surface area contributed by atoms with Crippen LogP contribution in [0.25, 0.3) is 0 Å². The molecule has 0 saturated carbocycles. The highest BCUT2D eigenvalue weighted by Gasteiger charge is 2.29. The first-order valence-corrected chi connectivity index (χ1v) is 5.64. The van der Waals surface area contributed by atoms with Crippen LogP contribution in [-0.2, 0) is 16.1 Å². The summed E-state index contributed by atoms with van der Waals surface area (Å²) in [7, 11) is 1.65. The Balaban J connectivity index is 1.78. The minimum Gasteiger partial charge on any atom is -0.444 e. The van der Waals surface area contributed by atoms with Crippen LogP contribution in [0, 0.1) is 6.92 Å². The van der Waals surface area contributed by atoms with Gasteiger partial charge in [-0.1, -0.05) is 0 Å². The highest BCUT2D eigenvalue weighted by molar-refractivity contribution is 5.82. The molecule has 2 unspecified atom stereocenters. The van der Waals surface area contributed by atoms with Crippen LogP contribution in [0.2, 0.25) is 0 Å². The molecule has 17 heavy (non-hydrogen) atoms. The summed E-state index contributed by atoms with van der Waals surface area (Å²) in [6, 6.07) is -0.184. The van der Waals surface area contributed by atoms with Crippen LogP contribution in [0.3, 0.4) is 0 Å². The van der Waals surface area contributed by atoms with Crippen LogP contribution in [0.5, 0.6) is 0 Å². The molecule has 1 amide bonds. The van der Waals surface area contributed by atoms with Crippen molar-refractivity contribution < 1.29 is 13.9 Å². The number of ether oxygens (including phenoxy) is 1. The summed E-state index contributed by atoms with van der Waals surface area (Å²) in [5.74, 6) is 1.23. The van der Waals surface area contributed by atoms with Crippen molar-refractivity contribution in [2.75, 3.05) is 13.7 Å². The number of hydrogen-bond donors (Lipinski definition) is 2. The highest BCUT2D eigenvalue weighted by atomic mass is 16.5. The Morgan fingerprint density at radius 3 is 3.18 bits per heavy atom. The first kappa shape index (κ1) is 12.1. The fourth-order valence-electron chi connectivity index (χ4n) is 1.85. The Morgan fingerprint density at radius 2 is 2.59 bits per heavy atom. The molecule has 1 fully saturated rings. The van der Waals surface area contributed by atoms with Crippen LogP contribution in [0.4, 0.5) is 0 Å². The van der Waals surface area contributed by atoms with E-state index in [1.807, 2.05) is 6.92 Å². The minimum atomic E-state index is -0.184. The Hall–Kier alpha value is -1.40. The second-order valence-electron chi connectivity index (χ2n) is 4.14. The van der Waals surface area contributed by atoms with Crippen molar-refractivity contribution in [1.82, 2.24) is 15.6 Å². The molecule has 1 saturated heterocycles. The molecule has 2 N–H and O–H groups in total. The average Bonchev–Trinajstić information content (AvgIpc) is 2.94. The van der Waals surface area contributed by atoms with E-state index in [1.54, 1.807) is 13.3 Å². The molecule has 0 radical (unpaired) electrons. The normalized spacial score (nSPS) is 23.9. The van der Waals surface area contributed by atoms with Gasteiger partial charge in [0.05, 0.1) is 24.9 Å². The molecule has 1 aliphatic heterocycles. The molecule has 2 atom stereocenters. The van der Waals surface area contributed by atoms with Crippen molar-refractivity contribution >= 4 is 5.91 Å². The summed E-state index contributed by atoms with van der Waals surface area (Å²) in [4.78, 5) is 15.8. The minimum absolute atomic E-state index is 0.0413. The lowest BCUT2D eigenvalue weighted by atomic mass is 10.2. The molecule has 2 rings (SSSR count). The summed E-state index contributed by atoms with van der Waals surface area (Å²) >= 11 is 0. The van der Waals surface area contributed by atoms with Crippen LogP contribution >= 0.6 is 0 Å². The average molecular weight is 239 g/mol. The monoisotopic (exact) mass is 239 g/mol. The number of nitrogens with zero attached hydrogens (tertiary/aromatic N) is 1. The van der Waals surface area contributed by atoms with E-state index in [2.05, 4.69) is 15.6 Å². The zero-order valence-electron chi connectivity index (χ0n) is 10.0. The van der Waals surface area contributed by atoms with Crippen molar-refractivity contribution in [3.63, 3.8) is 0 Å². The second kappa shape index (κ2) is 5.29. The number of hydrogen-bond acceptors (Lipinski definition) is 5. The van der Waals surface area contributed by atoms with E-state index in [0.717, 1.165) is 5.76 Å². The molecule has 0 bridgehead atoms. The molecule has 6 heteroatoms. The van der Waals surface area contributed by atoms with Gasteiger partial charge in [0.25, 0.3) is 0 Å². The first-order valence-electron chi connectivity index (χ1n) is 5.64. The maximum absolute atomic E-state index is 11.8. The third kappa shape index (κ3) is 3.04. The Bertz CT molecular complexity index is 391. The van der Waals surface area contributed by atoms with E-state index >= 15 is 0 Å². The van der Waals surface area contributed by atoms with Crippen LogP contribution in [-0.4, -0.2) is 36.7 Å². The standard InChI is InChI=1S/C11H17N3O3/c1-7-4-13-10(17-7)6-14-11(15)9-3-8(16-2)5-12-9/h4,8-9,12H,3,5-6H2,1-2H3,(H,14,15). The summed E-state index contributed by atoms with van der Waals surface area (Å²) < 4.78 is 10.5. The maximum atomic E-state index is 11.8. The predicted molar refractivity (Wildman–Crippen MR) is 60.3 cm³/mol. The number of carbonyl (C=O) groups excluding carboxylic acids is 1. The molecular formula is C11H17N3O3. The number of nitrogens with one attached hydrogen (secondary N) is 2. The van der Waals surface area contributed by atoms with Gasteiger partial charge in [0.15, 0.2) is 0 Å². The molecule has 1 aliphatic rings. The fourth-order valence-corrected chi connectivity index (χ4v) is 1.85. The highest BCUT2D eigenvalue weighted by Crippen LogP contribution is 2.09. The molecule has 94 valence electrons. The number of amides is 1. The summed E-state index contributed by atoms with van der Waals surface area (Å²) in [6.45, 7) is 2.86. The van der Waals surface area contributed by atoms with Gasteiger partial charge in [-0.25, -0.2) is 4.98 Å². The zero-order chi connectivity index (χ0) is 12.3. The fraction of sp³-hybridized carbons (Fsp3) is 0.636. The van der Waals surface area contributed by atoms with Gasteiger partial charge in [-0.3, -0.25) is 4.79 Å². The van der Waals surface area contributed by atoms with Gasteiger partial charge in [-0.2, -0.15) is 0 Å². The lowest BCUT2D eigenvalue weighted by molar-refractivity contribution is -0.123. The largest absolute Gasteiger partial charge is 0.444 e. The van der Waals surface area contributed by atoms with Crippen LogP contribution < -0.4 is 10.6 Å². The molecular weight excluding hydrogens is 222 g/mol. The van der Waals surface area contributed by atoms with E-state index < -0.39 is 0 Å². The number of oxazole rings is 1. The van der Waals surface area contributed by atoms with Gasteiger partial charge in [0, 0.05) is 13.7 Å². The SMILES string of the molecule is COC1CNC(C(=O)NCc2ncc(C)o2)C1. The molecule has 1 aromatic rings. The topological polar surface area (TPSA) is 76.4 Å². The number of rotatable bonds is 4. The van der Waals surface area contributed by atoms with E-state index in [1.165, 1.54) is 0 Å². The predicted octanol–water partition coefficient (Wildman–Crippen LogP) is -0.0239. The van der Waals surface area contributed by atoms with Crippen molar-refractivity contribution in [3.05, 3.63) is 17.8 Å². The van der Waals surface area contributed by atoms with Gasteiger partial charge in [-0.15, -0.1) is 0 Å². The van der Waals surface area contributed by atoms with Gasteiger partial charge < -0.3 is 19.8 Å². The van der Waals surface area contributed by atoms with E-state index in [9.17, 15) is 4.79 Å². The first-order chi connectivity index (χ1) is 8.19. The Morgan fingerprint density at radius 1 is 1.76 bits per heavy atom. The Labute approximate surface area is 99.7 Å². The molecule has 1 aromatic heterocycles. The molecule has 0 spiro atoms. The van der Waals surface area contributed by atoms with Crippen molar-refractivity contribution in [3.8, 4) is 0 Å². The van der Waals surface area contributed by atoms with E-state index in [4.69, 9.17) is 9.15 Å². The van der Waals surface area contributed by atoms with Crippen molar-refractivity contribution in [2.24, 2.45) is 0 Å². The van der Waals surface area contributed by atoms with Crippen molar-refractivity contribution in [2.45, 2.75) is 32.0 Å².